The van der Waals surface area contributed by atoms with Crippen molar-refractivity contribution in [1.29, 1.82) is 0 Å². The smallest absolute Gasteiger partial charge is 0.282 e. The van der Waals surface area contributed by atoms with Crippen molar-refractivity contribution in [3.8, 4) is 0 Å². The van der Waals surface area contributed by atoms with Crippen LogP contribution in [0.1, 0.15) is 11.1 Å². The van der Waals surface area contributed by atoms with Crippen molar-refractivity contribution in [1.82, 2.24) is 4.98 Å². The van der Waals surface area contributed by atoms with Crippen LogP contribution in [-0.2, 0) is 10.1 Å². The summed E-state index contributed by atoms with van der Waals surface area (Å²) >= 11 is 3.36. The van der Waals surface area contributed by atoms with Gasteiger partial charge >= 0.3 is 0 Å². The molecule has 19 heavy (non-hydrogen) atoms. The number of hydrogen-bond donors (Lipinski definition) is 1. The molecule has 0 atom stereocenters. The van der Waals surface area contributed by atoms with Gasteiger partial charge in [0.2, 0.25) is 0 Å². The lowest BCUT2D eigenvalue weighted by Crippen LogP contribution is -1.98. The lowest BCUT2D eigenvalue weighted by atomic mass is 10.1. The number of aromatic nitrogens is 1. The van der Waals surface area contributed by atoms with Crippen LogP contribution in [0, 0.1) is 13.8 Å². The van der Waals surface area contributed by atoms with Crippen LogP contribution in [0.25, 0.3) is 0 Å². The number of rotatable bonds is 2. The highest BCUT2D eigenvalue weighted by Crippen LogP contribution is 2.15. The highest BCUT2D eigenvalue weighted by atomic mass is 32.2. The fourth-order valence-corrected chi connectivity index (χ4v) is 2.83. The second kappa shape index (κ2) is 7.04. The first kappa shape index (κ1) is 16.2. The van der Waals surface area contributed by atoms with Gasteiger partial charge in [0.05, 0.1) is 4.90 Å². The van der Waals surface area contributed by atoms with Crippen LogP contribution in [0.15, 0.2) is 39.0 Å². The Kier molecular flexibility index (Phi) is 5.99. The Labute approximate surface area is 121 Å². The number of thiazole rings is 1. The lowest BCUT2D eigenvalue weighted by Gasteiger charge is -2.01. The first-order valence-electron chi connectivity index (χ1n) is 5.33. The Morgan fingerprint density at radius 2 is 1.95 bits per heavy atom. The summed E-state index contributed by atoms with van der Waals surface area (Å²) in [5, 5.41) is 1.98. The number of aryl methyl sites for hydroxylation is 2. The van der Waals surface area contributed by atoms with Crippen LogP contribution >= 0.6 is 23.1 Å². The van der Waals surface area contributed by atoms with Crippen LogP contribution in [-0.4, -0.2) is 24.2 Å². The third-order valence-corrected chi connectivity index (χ3v) is 5.02. The SMILES string of the molecule is CSc1nccs1.Cc1ccc(S(=O)(=O)O)cc1C. The van der Waals surface area contributed by atoms with Crippen LogP contribution in [0.4, 0.5) is 0 Å². The summed E-state index contributed by atoms with van der Waals surface area (Å²) in [7, 11) is -4.04. The molecule has 1 aromatic heterocycles. The zero-order valence-electron chi connectivity index (χ0n) is 10.8. The predicted molar refractivity (Wildman–Crippen MR) is 79.6 cm³/mol. The molecule has 0 spiro atoms. The predicted octanol–water partition coefficient (Wildman–Crippen LogP) is 3.42. The molecular weight excluding hydrogens is 302 g/mol. The molecule has 0 aliphatic carbocycles. The monoisotopic (exact) mass is 317 g/mol. The fourth-order valence-electron chi connectivity index (χ4n) is 1.19. The van der Waals surface area contributed by atoms with E-state index in [4.69, 9.17) is 4.55 Å². The molecule has 1 heterocycles. The zero-order valence-corrected chi connectivity index (χ0v) is 13.3. The second-order valence-corrected chi connectivity index (χ2v) is 7.09. The minimum atomic E-state index is -4.04. The van der Waals surface area contributed by atoms with Crippen LogP contribution < -0.4 is 0 Å². The highest BCUT2D eigenvalue weighted by molar-refractivity contribution is 8.00. The van der Waals surface area contributed by atoms with Crippen molar-refractivity contribution in [3.05, 3.63) is 40.9 Å². The molecule has 0 fully saturated rings. The molecule has 1 aromatic carbocycles. The molecular formula is C12H15NO3S3. The fraction of sp³-hybridized carbons (Fsp3) is 0.250. The molecule has 0 saturated heterocycles. The maximum absolute atomic E-state index is 10.7. The number of thioether (sulfide) groups is 1. The normalized spacial score (nSPS) is 10.7. The molecule has 7 heteroatoms. The van der Waals surface area contributed by atoms with E-state index in [-0.39, 0.29) is 4.90 Å². The summed E-state index contributed by atoms with van der Waals surface area (Å²) in [5.41, 5.74) is 1.85. The van der Waals surface area contributed by atoms with Crippen LogP contribution in [0.2, 0.25) is 0 Å². The van der Waals surface area contributed by atoms with E-state index in [1.165, 1.54) is 12.1 Å². The van der Waals surface area contributed by atoms with Gasteiger partial charge in [-0.1, -0.05) is 17.8 Å². The van der Waals surface area contributed by atoms with Crippen molar-refractivity contribution >= 4 is 33.2 Å². The largest absolute Gasteiger partial charge is 0.294 e. The molecule has 0 bridgehead atoms. The summed E-state index contributed by atoms with van der Waals surface area (Å²) in [5.74, 6) is 0. The van der Waals surface area contributed by atoms with Gasteiger partial charge in [0, 0.05) is 11.6 Å². The molecule has 0 aliphatic rings. The Bertz CT molecular complexity index is 622. The standard InChI is InChI=1S/C8H10O3S.C4H5NS2/c1-6-3-4-8(5-7(6)2)12(9,10)11;1-6-4-5-2-3-7-4/h3-5H,1-2H3,(H,9,10,11);2-3H,1H3. The van der Waals surface area contributed by atoms with E-state index in [0.29, 0.717) is 0 Å². The second-order valence-electron chi connectivity index (χ2n) is 3.72. The van der Waals surface area contributed by atoms with Gasteiger partial charge in [0.1, 0.15) is 4.34 Å². The summed E-state index contributed by atoms with van der Waals surface area (Å²) in [6, 6.07) is 4.50. The molecule has 2 rings (SSSR count). The average Bonchev–Trinajstić information content (AvgIpc) is 2.85. The Balaban J connectivity index is 0.000000218. The van der Waals surface area contributed by atoms with E-state index in [2.05, 4.69) is 4.98 Å². The van der Waals surface area contributed by atoms with Crippen molar-refractivity contribution in [3.63, 3.8) is 0 Å². The van der Waals surface area contributed by atoms with Crippen molar-refractivity contribution in [2.75, 3.05) is 6.26 Å². The quantitative estimate of drug-likeness (QED) is 0.679. The maximum atomic E-state index is 10.7. The molecule has 0 saturated carbocycles. The van der Waals surface area contributed by atoms with Gasteiger partial charge in [-0.2, -0.15) is 8.42 Å². The third kappa shape index (κ3) is 5.32. The summed E-state index contributed by atoms with van der Waals surface area (Å²) < 4.78 is 31.1. The molecule has 1 N–H and O–H groups in total. The molecule has 0 radical (unpaired) electrons. The molecule has 4 nitrogen and oxygen atoms in total. The first-order chi connectivity index (χ1) is 8.84. The van der Waals surface area contributed by atoms with Gasteiger partial charge in [-0.25, -0.2) is 4.98 Å². The summed E-state index contributed by atoms with van der Waals surface area (Å²) in [4.78, 5) is 3.97. The topological polar surface area (TPSA) is 67.3 Å². The van der Waals surface area contributed by atoms with Crippen molar-refractivity contribution in [2.45, 2.75) is 23.1 Å². The van der Waals surface area contributed by atoms with E-state index in [0.717, 1.165) is 15.5 Å². The lowest BCUT2D eigenvalue weighted by molar-refractivity contribution is 0.483. The minimum absolute atomic E-state index is 0.0504. The number of benzene rings is 1. The summed E-state index contributed by atoms with van der Waals surface area (Å²) in [6.45, 7) is 3.67. The molecule has 2 aromatic rings. The summed E-state index contributed by atoms with van der Waals surface area (Å²) in [6.07, 6.45) is 3.84. The van der Waals surface area contributed by atoms with Crippen molar-refractivity contribution < 1.29 is 13.0 Å². The highest BCUT2D eigenvalue weighted by Gasteiger charge is 2.08. The Morgan fingerprint density at radius 3 is 2.32 bits per heavy atom. The Hall–Kier alpha value is -0.890. The maximum Gasteiger partial charge on any atom is 0.294 e. The zero-order chi connectivity index (χ0) is 14.5. The van der Waals surface area contributed by atoms with E-state index >= 15 is 0 Å². The van der Waals surface area contributed by atoms with Gasteiger partial charge in [-0.15, -0.1) is 11.3 Å². The van der Waals surface area contributed by atoms with Crippen LogP contribution in [0.5, 0.6) is 0 Å². The molecule has 0 aliphatic heterocycles. The van der Waals surface area contributed by atoms with E-state index < -0.39 is 10.1 Å². The molecule has 0 amide bonds. The van der Waals surface area contributed by atoms with Gasteiger partial charge in [0.15, 0.2) is 0 Å². The average molecular weight is 317 g/mol. The third-order valence-electron chi connectivity index (χ3n) is 2.36. The van der Waals surface area contributed by atoms with Crippen LogP contribution in [0.3, 0.4) is 0 Å². The first-order valence-corrected chi connectivity index (χ1v) is 8.87. The minimum Gasteiger partial charge on any atom is -0.282 e. The van der Waals surface area contributed by atoms with Gasteiger partial charge in [-0.05, 0) is 43.4 Å². The molecule has 0 unspecified atom stereocenters. The van der Waals surface area contributed by atoms with Gasteiger partial charge in [-0.3, -0.25) is 4.55 Å². The molecule has 104 valence electrons. The number of nitrogens with zero attached hydrogens (tertiary/aromatic N) is 1. The van der Waals surface area contributed by atoms with E-state index in [9.17, 15) is 8.42 Å². The van der Waals surface area contributed by atoms with E-state index in [1.807, 2.05) is 24.8 Å². The van der Waals surface area contributed by atoms with Crippen molar-refractivity contribution in [2.24, 2.45) is 0 Å². The van der Waals surface area contributed by atoms with Gasteiger partial charge in [0.25, 0.3) is 10.1 Å². The Morgan fingerprint density at radius 1 is 1.26 bits per heavy atom. The van der Waals surface area contributed by atoms with Gasteiger partial charge < -0.3 is 0 Å². The van der Waals surface area contributed by atoms with E-state index in [1.54, 1.807) is 36.1 Å². The number of hydrogen-bond acceptors (Lipinski definition) is 5.